The minimum Gasteiger partial charge on any atom is -0.455 e. The number of ether oxygens (including phenoxy) is 1. The van der Waals surface area contributed by atoms with Crippen LogP contribution in [0.4, 0.5) is 8.78 Å². The lowest BCUT2D eigenvalue weighted by Gasteiger charge is -2.09. The average molecular weight is 269 g/mol. The molecule has 2 aromatic carbocycles. The van der Waals surface area contributed by atoms with Crippen LogP contribution in [-0.4, -0.2) is 6.29 Å². The average Bonchev–Trinajstić information content (AvgIpc) is 2.30. The predicted molar refractivity (Wildman–Crippen MR) is 63.3 cm³/mol. The van der Waals surface area contributed by atoms with Gasteiger partial charge in [-0.2, -0.15) is 0 Å². The van der Waals surface area contributed by atoms with Crippen LogP contribution in [0.1, 0.15) is 10.4 Å². The minimum absolute atomic E-state index is 0.0660. The van der Waals surface area contributed by atoms with E-state index in [-0.39, 0.29) is 22.1 Å². The third-order valence-corrected chi connectivity index (χ3v) is 2.48. The molecular weight excluding hydrogens is 262 g/mol. The van der Waals surface area contributed by atoms with E-state index in [4.69, 9.17) is 16.3 Å². The Morgan fingerprint density at radius 1 is 1.11 bits per heavy atom. The van der Waals surface area contributed by atoms with Gasteiger partial charge in [-0.1, -0.05) is 17.7 Å². The number of carbonyl (C=O) groups excluding carboxylic acids is 1. The molecule has 0 radical (unpaired) electrons. The molecule has 0 amide bonds. The summed E-state index contributed by atoms with van der Waals surface area (Å²) in [5.41, 5.74) is 0.201. The van der Waals surface area contributed by atoms with Gasteiger partial charge in [0.25, 0.3) is 0 Å². The minimum atomic E-state index is -0.773. The molecule has 0 fully saturated rings. The molecule has 0 heterocycles. The zero-order valence-corrected chi connectivity index (χ0v) is 9.75. The molecule has 92 valence electrons. The van der Waals surface area contributed by atoms with Crippen molar-refractivity contribution in [2.24, 2.45) is 0 Å². The summed E-state index contributed by atoms with van der Waals surface area (Å²) in [7, 11) is 0. The zero-order chi connectivity index (χ0) is 13.1. The van der Waals surface area contributed by atoms with Crippen LogP contribution in [0.25, 0.3) is 0 Å². The number of carbonyl (C=O) groups is 1. The molecule has 0 bridgehead atoms. The molecule has 0 aromatic heterocycles. The third-order valence-electron chi connectivity index (χ3n) is 2.18. The summed E-state index contributed by atoms with van der Waals surface area (Å²) in [5.74, 6) is -1.54. The highest BCUT2D eigenvalue weighted by Crippen LogP contribution is 2.32. The van der Waals surface area contributed by atoms with E-state index in [1.165, 1.54) is 12.1 Å². The fraction of sp³-hybridized carbons (Fsp3) is 0. The van der Waals surface area contributed by atoms with E-state index in [0.29, 0.717) is 6.29 Å². The van der Waals surface area contributed by atoms with Crippen LogP contribution in [0.15, 0.2) is 36.4 Å². The maximum Gasteiger partial charge on any atom is 0.156 e. The molecular formula is C13H7ClF2O2. The van der Waals surface area contributed by atoms with Gasteiger partial charge in [0, 0.05) is 18.2 Å². The lowest BCUT2D eigenvalue weighted by Crippen LogP contribution is -1.92. The summed E-state index contributed by atoms with van der Waals surface area (Å²) in [6.45, 7) is 0. The van der Waals surface area contributed by atoms with Crippen LogP contribution < -0.4 is 4.74 Å². The van der Waals surface area contributed by atoms with Crippen molar-refractivity contribution in [3.63, 3.8) is 0 Å². The van der Waals surface area contributed by atoms with Crippen molar-refractivity contribution in [2.45, 2.75) is 0 Å². The predicted octanol–water partition coefficient (Wildman–Crippen LogP) is 4.22. The van der Waals surface area contributed by atoms with Crippen molar-refractivity contribution in [3.05, 3.63) is 58.6 Å². The molecule has 0 saturated carbocycles. The Bertz CT molecular complexity index is 579. The van der Waals surface area contributed by atoms with E-state index >= 15 is 0 Å². The number of para-hydroxylation sites is 1. The molecule has 2 aromatic rings. The van der Waals surface area contributed by atoms with Crippen molar-refractivity contribution in [3.8, 4) is 11.5 Å². The summed E-state index contributed by atoms with van der Waals surface area (Å²) in [4.78, 5) is 10.8. The number of benzene rings is 2. The van der Waals surface area contributed by atoms with Crippen LogP contribution in [0.2, 0.25) is 5.02 Å². The molecule has 0 spiro atoms. The first-order chi connectivity index (χ1) is 8.60. The maximum atomic E-state index is 13.0. The van der Waals surface area contributed by atoms with Gasteiger partial charge < -0.3 is 4.74 Å². The first-order valence-corrected chi connectivity index (χ1v) is 5.35. The summed E-state index contributed by atoms with van der Waals surface area (Å²) < 4.78 is 31.2. The maximum absolute atomic E-state index is 13.0. The van der Waals surface area contributed by atoms with Gasteiger partial charge in [0.1, 0.15) is 17.4 Å². The van der Waals surface area contributed by atoms with Crippen LogP contribution in [0.3, 0.4) is 0 Å². The van der Waals surface area contributed by atoms with E-state index in [9.17, 15) is 13.6 Å². The largest absolute Gasteiger partial charge is 0.455 e. The highest BCUT2D eigenvalue weighted by Gasteiger charge is 2.10. The standard InChI is InChI=1S/C13H7ClF2O2/c14-12-3-1-2-8(7-17)13(12)18-11-5-9(15)4-10(16)6-11/h1-7H. The summed E-state index contributed by atoms with van der Waals surface area (Å²) in [5, 5.41) is 0.185. The molecule has 0 atom stereocenters. The van der Waals surface area contributed by atoms with Crippen molar-refractivity contribution < 1.29 is 18.3 Å². The Hall–Kier alpha value is -1.94. The van der Waals surface area contributed by atoms with Crippen molar-refractivity contribution in [1.29, 1.82) is 0 Å². The van der Waals surface area contributed by atoms with Gasteiger partial charge in [-0.15, -0.1) is 0 Å². The molecule has 18 heavy (non-hydrogen) atoms. The van der Waals surface area contributed by atoms with Gasteiger partial charge in [-0.05, 0) is 12.1 Å². The van der Waals surface area contributed by atoms with Gasteiger partial charge in [0.05, 0.1) is 10.6 Å². The van der Waals surface area contributed by atoms with Gasteiger partial charge in [0.15, 0.2) is 12.0 Å². The summed E-state index contributed by atoms with van der Waals surface area (Å²) >= 11 is 5.87. The van der Waals surface area contributed by atoms with E-state index < -0.39 is 11.6 Å². The number of aldehydes is 1. The highest BCUT2D eigenvalue weighted by molar-refractivity contribution is 6.32. The van der Waals surface area contributed by atoms with Crippen LogP contribution >= 0.6 is 11.6 Å². The van der Waals surface area contributed by atoms with Crippen LogP contribution in [0, 0.1) is 11.6 Å². The molecule has 0 saturated heterocycles. The second kappa shape index (κ2) is 5.14. The van der Waals surface area contributed by atoms with Gasteiger partial charge in [-0.3, -0.25) is 4.79 Å². The summed E-state index contributed by atoms with van der Waals surface area (Å²) in [6, 6.07) is 7.30. The van der Waals surface area contributed by atoms with E-state index in [1.54, 1.807) is 6.07 Å². The van der Waals surface area contributed by atoms with Crippen LogP contribution in [0.5, 0.6) is 11.5 Å². The quantitative estimate of drug-likeness (QED) is 0.779. The van der Waals surface area contributed by atoms with Crippen molar-refractivity contribution >= 4 is 17.9 Å². The Morgan fingerprint density at radius 3 is 2.39 bits per heavy atom. The molecule has 2 nitrogen and oxygen atoms in total. The number of rotatable bonds is 3. The fourth-order valence-corrected chi connectivity index (χ4v) is 1.65. The molecule has 0 aliphatic heterocycles. The summed E-state index contributed by atoms with van der Waals surface area (Å²) in [6.07, 6.45) is 0.552. The van der Waals surface area contributed by atoms with Crippen molar-refractivity contribution in [1.82, 2.24) is 0 Å². The monoisotopic (exact) mass is 268 g/mol. The molecule has 2 rings (SSSR count). The number of hydrogen-bond donors (Lipinski definition) is 0. The molecule has 0 aliphatic rings. The highest BCUT2D eigenvalue weighted by atomic mass is 35.5. The Labute approximate surface area is 107 Å². The normalized spacial score (nSPS) is 10.2. The molecule has 5 heteroatoms. The first-order valence-electron chi connectivity index (χ1n) is 4.98. The van der Waals surface area contributed by atoms with Crippen LogP contribution in [-0.2, 0) is 0 Å². The SMILES string of the molecule is O=Cc1cccc(Cl)c1Oc1cc(F)cc(F)c1. The first kappa shape index (κ1) is 12.5. The van der Waals surface area contributed by atoms with E-state index in [2.05, 4.69) is 0 Å². The topological polar surface area (TPSA) is 26.3 Å². The second-order valence-electron chi connectivity index (χ2n) is 3.48. The third kappa shape index (κ3) is 2.65. The fourth-order valence-electron chi connectivity index (χ4n) is 1.43. The number of hydrogen-bond acceptors (Lipinski definition) is 2. The number of halogens is 3. The van der Waals surface area contributed by atoms with Gasteiger partial charge in [0.2, 0.25) is 0 Å². The van der Waals surface area contributed by atoms with E-state index in [0.717, 1.165) is 18.2 Å². The zero-order valence-electron chi connectivity index (χ0n) is 8.99. The lowest BCUT2D eigenvalue weighted by atomic mass is 10.2. The van der Waals surface area contributed by atoms with Gasteiger partial charge in [-0.25, -0.2) is 8.78 Å². The van der Waals surface area contributed by atoms with E-state index in [1.807, 2.05) is 0 Å². The second-order valence-corrected chi connectivity index (χ2v) is 3.89. The van der Waals surface area contributed by atoms with Crippen molar-refractivity contribution in [2.75, 3.05) is 0 Å². The molecule has 0 N–H and O–H groups in total. The Balaban J connectivity index is 2.42. The Kier molecular flexibility index (Phi) is 3.58. The lowest BCUT2D eigenvalue weighted by molar-refractivity contribution is 0.112. The smallest absolute Gasteiger partial charge is 0.156 e. The molecule has 0 unspecified atom stereocenters. The van der Waals surface area contributed by atoms with Gasteiger partial charge >= 0.3 is 0 Å². The molecule has 0 aliphatic carbocycles. The Morgan fingerprint density at radius 2 is 1.78 bits per heavy atom.